The maximum Gasteiger partial charge on any atom is 0.532 e. The van der Waals surface area contributed by atoms with Gasteiger partial charge < -0.3 is 19.1 Å². The summed E-state index contributed by atoms with van der Waals surface area (Å²) in [7, 11) is -4.25. The highest BCUT2D eigenvalue weighted by molar-refractivity contribution is 6.56. The van der Waals surface area contributed by atoms with Crippen molar-refractivity contribution in [1.29, 1.82) is 0 Å². The molecular formula is C5H10O5Si. The Bertz CT molecular complexity index is 170. The lowest BCUT2D eigenvalue weighted by molar-refractivity contribution is -0.138. The molecule has 0 rings (SSSR count). The fourth-order valence-electron chi connectivity index (χ4n) is 0.286. The lowest BCUT2D eigenvalue weighted by Crippen LogP contribution is -2.41. The molecule has 0 aromatic heterocycles. The van der Waals surface area contributed by atoms with Gasteiger partial charge in [0.1, 0.15) is 0 Å². The van der Waals surface area contributed by atoms with E-state index < -0.39 is 21.0 Å². The minimum absolute atomic E-state index is 0.142. The molecular weight excluding hydrogens is 168 g/mol. The average Bonchev–Trinajstić information content (AvgIpc) is 1.80. The highest BCUT2D eigenvalue weighted by Gasteiger charge is 2.29. The van der Waals surface area contributed by atoms with Gasteiger partial charge in [-0.2, -0.15) is 0 Å². The van der Waals surface area contributed by atoms with Crippen LogP contribution in [0.2, 0.25) is 0 Å². The van der Waals surface area contributed by atoms with Gasteiger partial charge in [-0.05, 0) is 6.92 Å². The summed E-state index contributed by atoms with van der Waals surface area (Å²) in [6.45, 7) is 4.67. The van der Waals surface area contributed by atoms with Gasteiger partial charge in [-0.1, -0.05) is 6.58 Å². The fourth-order valence-corrected chi connectivity index (χ4v) is 0.610. The van der Waals surface area contributed by atoms with Gasteiger partial charge in [0.05, 0.1) is 0 Å². The molecule has 0 saturated heterocycles. The molecule has 0 unspecified atom stereocenters. The van der Waals surface area contributed by atoms with E-state index >= 15 is 0 Å². The lowest BCUT2D eigenvalue weighted by Gasteiger charge is -2.09. The first-order valence-electron chi connectivity index (χ1n) is 2.82. The van der Waals surface area contributed by atoms with Crippen LogP contribution in [0.15, 0.2) is 12.2 Å². The van der Waals surface area contributed by atoms with Gasteiger partial charge in [-0.3, -0.25) is 0 Å². The molecule has 0 aliphatic rings. The van der Waals surface area contributed by atoms with E-state index in [1.54, 1.807) is 0 Å². The maximum atomic E-state index is 10.6. The molecule has 6 heteroatoms. The summed E-state index contributed by atoms with van der Waals surface area (Å²) >= 11 is 0. The Hall–Kier alpha value is -0.693. The van der Waals surface area contributed by atoms with Crippen LogP contribution >= 0.6 is 0 Å². The molecule has 0 saturated carbocycles. The van der Waals surface area contributed by atoms with E-state index in [0.717, 1.165) is 0 Å². The van der Waals surface area contributed by atoms with Crippen molar-refractivity contribution in [2.45, 2.75) is 6.92 Å². The van der Waals surface area contributed by atoms with Gasteiger partial charge in [-0.15, -0.1) is 0 Å². The number of hydrogen-bond donors (Lipinski definition) is 3. The molecule has 0 aromatic carbocycles. The predicted octanol–water partition coefficient (Wildman–Crippen LogP) is -1.44. The molecule has 3 N–H and O–H groups in total. The van der Waals surface area contributed by atoms with E-state index in [0.29, 0.717) is 0 Å². The Labute approximate surface area is 64.9 Å². The molecule has 0 radical (unpaired) electrons. The smallest absolute Gasteiger partial charge is 0.458 e. The lowest BCUT2D eigenvalue weighted by atomic mass is 10.4. The van der Waals surface area contributed by atoms with Crippen molar-refractivity contribution in [1.82, 2.24) is 0 Å². The van der Waals surface area contributed by atoms with Crippen LogP contribution in [0.25, 0.3) is 0 Å². The van der Waals surface area contributed by atoms with Crippen LogP contribution in [0.3, 0.4) is 0 Å². The summed E-state index contributed by atoms with van der Waals surface area (Å²) in [5.74, 6) is -0.751. The van der Waals surface area contributed by atoms with E-state index in [9.17, 15) is 4.79 Å². The first kappa shape index (κ1) is 10.3. The number of hydrogen-bond acceptors (Lipinski definition) is 5. The van der Waals surface area contributed by atoms with Gasteiger partial charge in [-0.25, -0.2) is 4.79 Å². The van der Waals surface area contributed by atoms with Crippen LogP contribution in [0.1, 0.15) is 6.92 Å². The Morgan fingerprint density at radius 1 is 1.55 bits per heavy atom. The number of rotatable bonds is 3. The third-order valence-corrected chi connectivity index (χ3v) is 1.28. The number of ether oxygens (including phenoxy) is 1. The molecule has 64 valence electrons. The number of esters is 1. The third-order valence-electron chi connectivity index (χ3n) is 0.745. The molecule has 0 spiro atoms. The maximum absolute atomic E-state index is 10.6. The van der Waals surface area contributed by atoms with Crippen molar-refractivity contribution in [3.8, 4) is 0 Å². The van der Waals surface area contributed by atoms with Crippen LogP contribution in [-0.2, 0) is 9.53 Å². The van der Waals surface area contributed by atoms with E-state index in [4.69, 9.17) is 14.4 Å². The monoisotopic (exact) mass is 178 g/mol. The Morgan fingerprint density at radius 3 is 2.27 bits per heavy atom. The van der Waals surface area contributed by atoms with Gasteiger partial charge in [0.15, 0.2) is 6.23 Å². The van der Waals surface area contributed by atoms with Crippen LogP contribution in [0.5, 0.6) is 0 Å². The van der Waals surface area contributed by atoms with Crippen molar-refractivity contribution in [3.05, 3.63) is 12.2 Å². The Balaban J connectivity index is 3.73. The SMILES string of the molecule is C=C(C)C(=O)OC[Si](O)(O)O. The second-order valence-corrected chi connectivity index (χ2v) is 3.97. The van der Waals surface area contributed by atoms with Crippen molar-refractivity contribution < 1.29 is 23.9 Å². The average molecular weight is 178 g/mol. The first-order chi connectivity index (χ1) is 4.83. The summed E-state index contributed by atoms with van der Waals surface area (Å²) in [5, 5.41) is 0. The van der Waals surface area contributed by atoms with Gasteiger partial charge in [0.2, 0.25) is 0 Å². The minimum Gasteiger partial charge on any atom is -0.458 e. The molecule has 0 aliphatic carbocycles. The molecule has 0 bridgehead atoms. The summed E-state index contributed by atoms with van der Waals surface area (Å²) in [6, 6.07) is 0. The zero-order valence-corrected chi connectivity index (χ0v) is 7.07. The molecule has 5 nitrogen and oxygen atoms in total. The second kappa shape index (κ2) is 3.63. The van der Waals surface area contributed by atoms with Crippen molar-refractivity contribution >= 4 is 14.8 Å². The summed E-state index contributed by atoms with van der Waals surface area (Å²) < 4.78 is 4.24. The van der Waals surface area contributed by atoms with Crippen molar-refractivity contribution in [3.63, 3.8) is 0 Å². The molecule has 0 heterocycles. The third kappa shape index (κ3) is 5.74. The Kier molecular flexibility index (Phi) is 3.40. The zero-order valence-electron chi connectivity index (χ0n) is 6.07. The largest absolute Gasteiger partial charge is 0.532 e. The fraction of sp³-hybridized carbons (Fsp3) is 0.400. The van der Waals surface area contributed by atoms with Gasteiger partial charge in [0, 0.05) is 5.57 Å². The highest BCUT2D eigenvalue weighted by atomic mass is 28.4. The number of carbonyl (C=O) groups excluding carboxylic acids is 1. The van der Waals surface area contributed by atoms with E-state index in [-0.39, 0.29) is 5.57 Å². The van der Waals surface area contributed by atoms with Crippen LogP contribution in [-0.4, -0.2) is 35.4 Å². The molecule has 0 amide bonds. The minimum atomic E-state index is -4.25. The molecule has 0 atom stereocenters. The number of carbonyl (C=O) groups is 1. The zero-order chi connectivity index (χ0) is 9.07. The highest BCUT2D eigenvalue weighted by Crippen LogP contribution is 1.94. The van der Waals surface area contributed by atoms with Crippen LogP contribution in [0.4, 0.5) is 0 Å². The normalized spacial score (nSPS) is 10.9. The van der Waals surface area contributed by atoms with Crippen LogP contribution < -0.4 is 0 Å². The summed E-state index contributed by atoms with van der Waals surface area (Å²) in [6.07, 6.45) is -0.751. The van der Waals surface area contributed by atoms with Gasteiger partial charge >= 0.3 is 14.8 Å². The second-order valence-electron chi connectivity index (χ2n) is 2.13. The topological polar surface area (TPSA) is 87.0 Å². The molecule has 0 fully saturated rings. The molecule has 11 heavy (non-hydrogen) atoms. The van der Waals surface area contributed by atoms with Gasteiger partial charge in [0.25, 0.3) is 0 Å². The molecule has 0 aliphatic heterocycles. The van der Waals surface area contributed by atoms with Crippen molar-refractivity contribution in [2.24, 2.45) is 0 Å². The van der Waals surface area contributed by atoms with E-state index in [2.05, 4.69) is 11.3 Å². The van der Waals surface area contributed by atoms with E-state index in [1.165, 1.54) is 6.92 Å². The predicted molar refractivity (Wildman–Crippen MR) is 38.2 cm³/mol. The van der Waals surface area contributed by atoms with Crippen LogP contribution in [0, 0.1) is 0 Å². The summed E-state index contributed by atoms with van der Waals surface area (Å²) in [4.78, 5) is 35.7. The standard InChI is InChI=1S/C5H10O5Si/c1-4(2)5(6)10-3-11(7,8)9/h7-9H,1,3H2,2H3. The van der Waals surface area contributed by atoms with Crippen molar-refractivity contribution in [2.75, 3.05) is 6.23 Å². The quantitative estimate of drug-likeness (QED) is 0.280. The summed E-state index contributed by atoms with van der Waals surface area (Å²) in [5.41, 5.74) is 0.142. The first-order valence-corrected chi connectivity index (χ1v) is 4.87. The Morgan fingerprint density at radius 2 is 2.00 bits per heavy atom. The van der Waals surface area contributed by atoms with E-state index in [1.807, 2.05) is 0 Å². The molecule has 0 aromatic rings.